The van der Waals surface area contributed by atoms with Gasteiger partial charge in [0.15, 0.2) is 0 Å². The molecule has 16 heavy (non-hydrogen) atoms. The number of benzene rings is 1. The second-order valence-corrected chi connectivity index (χ2v) is 5.31. The highest BCUT2D eigenvalue weighted by atomic mass is 127. The van der Waals surface area contributed by atoms with E-state index in [2.05, 4.69) is 34.8 Å². The molecule has 0 heterocycles. The van der Waals surface area contributed by atoms with Crippen LogP contribution in [-0.4, -0.2) is 11.9 Å². The van der Waals surface area contributed by atoms with Gasteiger partial charge in [0.1, 0.15) is 0 Å². The minimum atomic E-state index is 0.0327. The number of nitrogens with one attached hydrogen (secondary N) is 1. The molecule has 0 aliphatic rings. The van der Waals surface area contributed by atoms with Gasteiger partial charge in [-0.2, -0.15) is 0 Å². The molecule has 1 amide bonds. The van der Waals surface area contributed by atoms with Gasteiger partial charge in [0.2, 0.25) is 0 Å². The first-order valence-corrected chi connectivity index (χ1v) is 6.69. The molecule has 0 aliphatic heterocycles. The number of carbonyl (C=O) groups excluding carboxylic acids is 1. The topological polar surface area (TPSA) is 29.1 Å². The predicted molar refractivity (Wildman–Crippen MR) is 75.7 cm³/mol. The SMILES string of the molecule is CCC[C@@H](C)NC(=O)c1ccc(C)cc1I. The molecule has 1 atom stereocenters. The molecule has 1 N–H and O–H groups in total. The van der Waals surface area contributed by atoms with Crippen molar-refractivity contribution >= 4 is 28.5 Å². The zero-order valence-electron chi connectivity index (χ0n) is 10.0. The van der Waals surface area contributed by atoms with Gasteiger partial charge in [0.25, 0.3) is 5.91 Å². The molecule has 88 valence electrons. The van der Waals surface area contributed by atoms with Crippen molar-refractivity contribution in [2.24, 2.45) is 0 Å². The Morgan fingerprint density at radius 1 is 1.50 bits per heavy atom. The smallest absolute Gasteiger partial charge is 0.252 e. The van der Waals surface area contributed by atoms with Crippen molar-refractivity contribution in [2.75, 3.05) is 0 Å². The number of hydrogen-bond donors (Lipinski definition) is 1. The van der Waals surface area contributed by atoms with Crippen molar-refractivity contribution in [3.8, 4) is 0 Å². The molecule has 2 nitrogen and oxygen atoms in total. The maximum atomic E-state index is 11.9. The Morgan fingerprint density at radius 2 is 2.19 bits per heavy atom. The molecular weight excluding hydrogens is 313 g/mol. The van der Waals surface area contributed by atoms with E-state index in [1.807, 2.05) is 32.0 Å². The number of halogens is 1. The van der Waals surface area contributed by atoms with Crippen LogP contribution in [-0.2, 0) is 0 Å². The van der Waals surface area contributed by atoms with Gasteiger partial charge in [0.05, 0.1) is 5.56 Å². The molecule has 0 aliphatic carbocycles. The summed E-state index contributed by atoms with van der Waals surface area (Å²) in [6.07, 6.45) is 2.11. The lowest BCUT2D eigenvalue weighted by molar-refractivity contribution is 0.0937. The average molecular weight is 331 g/mol. The Kier molecular flexibility index (Phi) is 5.25. The number of hydrogen-bond acceptors (Lipinski definition) is 1. The van der Waals surface area contributed by atoms with Gasteiger partial charge in [-0.25, -0.2) is 0 Å². The second-order valence-electron chi connectivity index (χ2n) is 4.15. The largest absolute Gasteiger partial charge is 0.350 e. The van der Waals surface area contributed by atoms with Crippen LogP contribution in [0.1, 0.15) is 42.6 Å². The highest BCUT2D eigenvalue weighted by molar-refractivity contribution is 14.1. The Labute approximate surface area is 111 Å². The molecule has 0 aromatic heterocycles. The first kappa shape index (κ1) is 13.5. The standard InChI is InChI=1S/C13H18INO/c1-4-5-10(3)15-13(16)11-7-6-9(2)8-12(11)14/h6-8,10H,4-5H2,1-3H3,(H,15,16)/t10-/m1/s1. The molecule has 0 radical (unpaired) electrons. The van der Waals surface area contributed by atoms with Gasteiger partial charge in [-0.05, 0) is 55.0 Å². The third kappa shape index (κ3) is 3.77. The average Bonchev–Trinajstić information content (AvgIpc) is 2.17. The highest BCUT2D eigenvalue weighted by Crippen LogP contribution is 2.14. The summed E-state index contributed by atoms with van der Waals surface area (Å²) in [5.41, 5.74) is 1.96. The third-order valence-electron chi connectivity index (χ3n) is 2.47. The molecule has 0 bridgehead atoms. The minimum absolute atomic E-state index is 0.0327. The molecule has 1 aromatic rings. The predicted octanol–water partition coefficient (Wildman–Crippen LogP) is 3.52. The van der Waals surface area contributed by atoms with Crippen molar-refractivity contribution in [3.63, 3.8) is 0 Å². The van der Waals surface area contributed by atoms with Crippen LogP contribution in [0.4, 0.5) is 0 Å². The third-order valence-corrected chi connectivity index (χ3v) is 3.36. The Bertz CT molecular complexity index is 376. The summed E-state index contributed by atoms with van der Waals surface area (Å²) in [5, 5.41) is 3.01. The highest BCUT2D eigenvalue weighted by Gasteiger charge is 2.11. The van der Waals surface area contributed by atoms with Crippen molar-refractivity contribution < 1.29 is 4.79 Å². The van der Waals surface area contributed by atoms with E-state index in [0.717, 1.165) is 22.0 Å². The minimum Gasteiger partial charge on any atom is -0.350 e. The molecule has 3 heteroatoms. The van der Waals surface area contributed by atoms with E-state index in [1.54, 1.807) is 0 Å². The molecule has 0 fully saturated rings. The molecule has 0 saturated carbocycles. The van der Waals surface area contributed by atoms with Crippen molar-refractivity contribution in [1.29, 1.82) is 0 Å². The molecule has 0 saturated heterocycles. The lowest BCUT2D eigenvalue weighted by atomic mass is 10.1. The van der Waals surface area contributed by atoms with Crippen LogP contribution in [0.25, 0.3) is 0 Å². The molecule has 1 aromatic carbocycles. The summed E-state index contributed by atoms with van der Waals surface area (Å²) in [4.78, 5) is 11.9. The monoisotopic (exact) mass is 331 g/mol. The first-order chi connectivity index (χ1) is 7.54. The Hall–Kier alpha value is -0.580. The maximum absolute atomic E-state index is 11.9. The van der Waals surface area contributed by atoms with Crippen molar-refractivity contribution in [3.05, 3.63) is 32.9 Å². The summed E-state index contributed by atoms with van der Waals surface area (Å²) < 4.78 is 1.01. The number of carbonyl (C=O) groups is 1. The van der Waals surface area contributed by atoms with E-state index >= 15 is 0 Å². The van der Waals surface area contributed by atoms with Gasteiger partial charge in [0, 0.05) is 9.61 Å². The van der Waals surface area contributed by atoms with Gasteiger partial charge in [-0.1, -0.05) is 25.0 Å². The van der Waals surface area contributed by atoms with Gasteiger partial charge in [-0.15, -0.1) is 0 Å². The van der Waals surface area contributed by atoms with Crippen LogP contribution >= 0.6 is 22.6 Å². The molecular formula is C13H18INO. The lowest BCUT2D eigenvalue weighted by Crippen LogP contribution is -2.32. The number of amides is 1. The zero-order chi connectivity index (χ0) is 12.1. The van der Waals surface area contributed by atoms with E-state index in [9.17, 15) is 4.79 Å². The fourth-order valence-electron chi connectivity index (χ4n) is 1.61. The summed E-state index contributed by atoms with van der Waals surface area (Å²) in [7, 11) is 0. The van der Waals surface area contributed by atoms with E-state index in [-0.39, 0.29) is 11.9 Å². The molecule has 0 spiro atoms. The van der Waals surface area contributed by atoms with Crippen LogP contribution < -0.4 is 5.32 Å². The first-order valence-electron chi connectivity index (χ1n) is 5.61. The zero-order valence-corrected chi connectivity index (χ0v) is 12.2. The van der Waals surface area contributed by atoms with Gasteiger partial charge in [-0.3, -0.25) is 4.79 Å². The van der Waals surface area contributed by atoms with Crippen LogP contribution in [0, 0.1) is 10.5 Å². The fraction of sp³-hybridized carbons (Fsp3) is 0.462. The lowest BCUT2D eigenvalue weighted by Gasteiger charge is -2.13. The normalized spacial score (nSPS) is 12.2. The van der Waals surface area contributed by atoms with E-state index in [1.165, 1.54) is 5.56 Å². The summed E-state index contributed by atoms with van der Waals surface area (Å²) in [6.45, 7) is 6.20. The number of rotatable bonds is 4. The van der Waals surface area contributed by atoms with Crippen LogP contribution in [0.15, 0.2) is 18.2 Å². The van der Waals surface area contributed by atoms with Crippen molar-refractivity contribution in [2.45, 2.75) is 39.7 Å². The Morgan fingerprint density at radius 3 is 2.75 bits per heavy atom. The van der Waals surface area contributed by atoms with E-state index in [4.69, 9.17) is 0 Å². The van der Waals surface area contributed by atoms with Gasteiger partial charge >= 0.3 is 0 Å². The van der Waals surface area contributed by atoms with Crippen LogP contribution in [0.2, 0.25) is 0 Å². The van der Waals surface area contributed by atoms with Crippen molar-refractivity contribution in [1.82, 2.24) is 5.32 Å². The van der Waals surface area contributed by atoms with E-state index in [0.29, 0.717) is 0 Å². The summed E-state index contributed by atoms with van der Waals surface area (Å²) >= 11 is 2.21. The quantitative estimate of drug-likeness (QED) is 0.841. The van der Waals surface area contributed by atoms with Crippen LogP contribution in [0.5, 0.6) is 0 Å². The Balaban J connectivity index is 2.73. The fourth-order valence-corrected chi connectivity index (χ4v) is 2.53. The van der Waals surface area contributed by atoms with Gasteiger partial charge < -0.3 is 5.32 Å². The number of aryl methyl sites for hydroxylation is 1. The molecule has 0 unspecified atom stereocenters. The van der Waals surface area contributed by atoms with E-state index < -0.39 is 0 Å². The summed E-state index contributed by atoms with van der Waals surface area (Å²) in [5.74, 6) is 0.0327. The summed E-state index contributed by atoms with van der Waals surface area (Å²) in [6, 6.07) is 6.14. The molecule has 1 rings (SSSR count). The maximum Gasteiger partial charge on any atom is 0.252 e. The second kappa shape index (κ2) is 6.23. The van der Waals surface area contributed by atoms with Crippen LogP contribution in [0.3, 0.4) is 0 Å².